The number of benzene rings is 1. The molecule has 0 radical (unpaired) electrons. The first-order valence-electron chi connectivity index (χ1n) is 7.32. The fraction of sp³-hybridized carbons (Fsp3) is 0.294. The Morgan fingerprint density at radius 1 is 1.12 bits per heavy atom. The van der Waals surface area contributed by atoms with Gasteiger partial charge in [0.25, 0.3) is 5.91 Å². The van der Waals surface area contributed by atoms with E-state index in [2.05, 4.69) is 0 Å². The van der Waals surface area contributed by atoms with Crippen LogP contribution in [-0.4, -0.2) is 30.5 Å². The highest BCUT2D eigenvalue weighted by molar-refractivity contribution is 5.79. The molecule has 0 spiro atoms. The Labute approximate surface area is 138 Å². The lowest BCUT2D eigenvalue weighted by Crippen LogP contribution is -2.36. The second-order valence-electron chi connectivity index (χ2n) is 4.94. The number of hydrogen-bond acceptors (Lipinski definition) is 6. The summed E-state index contributed by atoms with van der Waals surface area (Å²) in [5.41, 5.74) is -0.0897. The average molecular weight is 325 g/mol. The maximum atomic E-state index is 12.2. The van der Waals surface area contributed by atoms with Crippen molar-refractivity contribution in [3.8, 4) is 17.9 Å². The predicted molar refractivity (Wildman–Crippen MR) is 85.0 cm³/mol. The summed E-state index contributed by atoms with van der Waals surface area (Å²) in [7, 11) is 0. The Kier molecular flexibility index (Phi) is 5.93. The van der Waals surface area contributed by atoms with Gasteiger partial charge in [-0.2, -0.15) is 10.5 Å². The molecule has 7 nitrogen and oxygen atoms in total. The number of carbonyl (C=O) groups excluding carboxylic acids is 1. The fourth-order valence-corrected chi connectivity index (χ4v) is 2.10. The molecule has 0 fully saturated rings. The van der Waals surface area contributed by atoms with Crippen LogP contribution in [0.1, 0.15) is 12.8 Å². The molecule has 2 aromatic rings. The van der Waals surface area contributed by atoms with Crippen LogP contribution in [0.3, 0.4) is 0 Å². The van der Waals surface area contributed by atoms with Gasteiger partial charge < -0.3 is 14.1 Å². The topological polar surface area (TPSA) is 107 Å². The molecule has 0 unspecified atom stereocenters. The molecule has 0 aliphatic heterocycles. The molecule has 2 rings (SSSR count). The van der Waals surface area contributed by atoms with Crippen LogP contribution in [0, 0.1) is 22.7 Å². The van der Waals surface area contributed by atoms with Crippen molar-refractivity contribution in [2.45, 2.75) is 12.8 Å². The summed E-state index contributed by atoms with van der Waals surface area (Å²) in [5.74, 6) is 0.0841. The third kappa shape index (κ3) is 4.59. The zero-order valence-electron chi connectivity index (χ0n) is 12.9. The molecule has 24 heavy (non-hydrogen) atoms. The van der Waals surface area contributed by atoms with Crippen molar-refractivity contribution in [3.63, 3.8) is 0 Å². The highest BCUT2D eigenvalue weighted by Gasteiger charge is 2.14. The molecule has 7 heteroatoms. The van der Waals surface area contributed by atoms with Crippen LogP contribution in [0.2, 0.25) is 0 Å². The van der Waals surface area contributed by atoms with E-state index < -0.39 is 5.63 Å². The predicted octanol–water partition coefficient (Wildman–Crippen LogP) is 1.83. The minimum Gasteiger partial charge on any atom is -0.484 e. The number of fused-ring (bicyclic) bond motifs is 1. The van der Waals surface area contributed by atoms with Crippen molar-refractivity contribution in [2.75, 3.05) is 19.7 Å². The van der Waals surface area contributed by atoms with E-state index in [0.29, 0.717) is 11.3 Å². The average Bonchev–Trinajstić information content (AvgIpc) is 2.59. The molecule has 1 heterocycles. The lowest BCUT2D eigenvalue weighted by Gasteiger charge is -2.20. The molecule has 1 amide bonds. The summed E-state index contributed by atoms with van der Waals surface area (Å²) in [5, 5.41) is 18.0. The van der Waals surface area contributed by atoms with E-state index in [1.165, 1.54) is 11.0 Å². The number of hydrogen-bond donors (Lipinski definition) is 0. The Morgan fingerprint density at radius 2 is 1.79 bits per heavy atom. The monoisotopic (exact) mass is 325 g/mol. The van der Waals surface area contributed by atoms with E-state index >= 15 is 0 Å². The molecule has 122 valence electrons. The van der Waals surface area contributed by atoms with E-state index in [4.69, 9.17) is 19.7 Å². The van der Waals surface area contributed by atoms with Crippen LogP contribution in [-0.2, 0) is 4.79 Å². The first kappa shape index (κ1) is 17.0. The van der Waals surface area contributed by atoms with Gasteiger partial charge in [-0.3, -0.25) is 4.79 Å². The number of nitrogens with zero attached hydrogens (tertiary/aromatic N) is 3. The van der Waals surface area contributed by atoms with Crippen molar-refractivity contribution >= 4 is 16.9 Å². The van der Waals surface area contributed by atoms with Gasteiger partial charge in [0.15, 0.2) is 6.61 Å². The van der Waals surface area contributed by atoms with Gasteiger partial charge in [-0.15, -0.1) is 0 Å². The van der Waals surface area contributed by atoms with Gasteiger partial charge in [0, 0.05) is 30.6 Å². The normalized spacial score (nSPS) is 9.92. The van der Waals surface area contributed by atoms with Gasteiger partial charge >= 0.3 is 5.63 Å². The Balaban J connectivity index is 2.02. The van der Waals surface area contributed by atoms with Gasteiger partial charge in [-0.25, -0.2) is 4.79 Å². The van der Waals surface area contributed by atoms with E-state index in [-0.39, 0.29) is 38.4 Å². The summed E-state index contributed by atoms with van der Waals surface area (Å²) >= 11 is 0. The molecular weight excluding hydrogens is 310 g/mol. The summed E-state index contributed by atoms with van der Waals surface area (Å²) in [6, 6.07) is 11.8. The molecule has 1 aromatic carbocycles. The van der Waals surface area contributed by atoms with Crippen molar-refractivity contribution in [1.82, 2.24) is 4.90 Å². The van der Waals surface area contributed by atoms with Crippen LogP contribution in [0.5, 0.6) is 5.75 Å². The van der Waals surface area contributed by atoms with Crippen molar-refractivity contribution in [1.29, 1.82) is 10.5 Å². The molecule has 0 aliphatic carbocycles. The minimum absolute atomic E-state index is 0.193. The standard InChI is InChI=1S/C17H15N3O4/c18-7-1-9-20(10-2-8-19)16(21)12-23-14-5-3-13-4-6-17(22)24-15(13)11-14/h3-6,11H,1-2,9-10,12H2. The van der Waals surface area contributed by atoms with Crippen LogP contribution in [0.15, 0.2) is 39.5 Å². The fourth-order valence-electron chi connectivity index (χ4n) is 2.10. The van der Waals surface area contributed by atoms with Crippen LogP contribution in [0.4, 0.5) is 0 Å². The molecule has 0 saturated carbocycles. The third-order valence-corrected chi connectivity index (χ3v) is 3.30. The lowest BCUT2D eigenvalue weighted by atomic mass is 10.2. The number of carbonyl (C=O) groups is 1. The highest BCUT2D eigenvalue weighted by Crippen LogP contribution is 2.19. The van der Waals surface area contributed by atoms with Gasteiger partial charge in [-0.05, 0) is 18.2 Å². The quantitative estimate of drug-likeness (QED) is 0.719. The molecule has 1 aromatic heterocycles. The minimum atomic E-state index is -0.463. The lowest BCUT2D eigenvalue weighted by molar-refractivity contribution is -0.133. The van der Waals surface area contributed by atoms with Gasteiger partial charge in [0.2, 0.25) is 0 Å². The number of ether oxygens (including phenoxy) is 1. The summed E-state index contributed by atoms with van der Waals surface area (Å²) in [6.07, 6.45) is 0.386. The number of rotatable bonds is 7. The maximum Gasteiger partial charge on any atom is 0.336 e. The third-order valence-electron chi connectivity index (χ3n) is 3.30. The van der Waals surface area contributed by atoms with Crippen molar-refractivity contribution < 1.29 is 13.9 Å². The van der Waals surface area contributed by atoms with Gasteiger partial charge in [-0.1, -0.05) is 0 Å². The summed E-state index contributed by atoms with van der Waals surface area (Å²) in [6.45, 7) is 0.291. The summed E-state index contributed by atoms with van der Waals surface area (Å²) in [4.78, 5) is 24.8. The van der Waals surface area contributed by atoms with E-state index in [1.54, 1.807) is 24.3 Å². The molecule has 0 saturated heterocycles. The highest BCUT2D eigenvalue weighted by atomic mass is 16.5. The van der Waals surface area contributed by atoms with E-state index in [9.17, 15) is 9.59 Å². The zero-order valence-corrected chi connectivity index (χ0v) is 12.9. The van der Waals surface area contributed by atoms with Gasteiger partial charge in [0.1, 0.15) is 11.3 Å². The van der Waals surface area contributed by atoms with E-state index in [0.717, 1.165) is 5.39 Å². The van der Waals surface area contributed by atoms with E-state index in [1.807, 2.05) is 12.1 Å². The number of nitriles is 2. The van der Waals surface area contributed by atoms with Crippen LogP contribution < -0.4 is 10.4 Å². The SMILES string of the molecule is N#CCCN(CCC#N)C(=O)COc1ccc2ccc(=O)oc2c1. The molecule has 0 bridgehead atoms. The molecule has 0 aliphatic rings. The number of amides is 1. The smallest absolute Gasteiger partial charge is 0.336 e. The Hall–Kier alpha value is -3.32. The Bertz CT molecular complexity index is 842. The molecule has 0 atom stereocenters. The Morgan fingerprint density at radius 3 is 2.46 bits per heavy atom. The zero-order chi connectivity index (χ0) is 17.4. The van der Waals surface area contributed by atoms with Gasteiger partial charge in [0.05, 0.1) is 25.0 Å². The van der Waals surface area contributed by atoms with Crippen molar-refractivity contribution in [3.05, 3.63) is 40.8 Å². The van der Waals surface area contributed by atoms with Crippen molar-refractivity contribution in [2.24, 2.45) is 0 Å². The van der Waals surface area contributed by atoms with Crippen LogP contribution >= 0.6 is 0 Å². The first-order chi connectivity index (χ1) is 11.6. The van der Waals surface area contributed by atoms with Crippen LogP contribution in [0.25, 0.3) is 11.0 Å². The second-order valence-corrected chi connectivity index (χ2v) is 4.94. The largest absolute Gasteiger partial charge is 0.484 e. The summed E-state index contributed by atoms with van der Waals surface area (Å²) < 4.78 is 10.5. The molecule has 0 N–H and O–H groups in total. The first-order valence-corrected chi connectivity index (χ1v) is 7.32. The maximum absolute atomic E-state index is 12.2. The second kappa shape index (κ2) is 8.35. The molecular formula is C17H15N3O4.